The second kappa shape index (κ2) is 7.26. The number of hydrogen-bond acceptors (Lipinski definition) is 4. The van der Waals surface area contributed by atoms with Crippen LogP contribution in [0.15, 0.2) is 28.4 Å². The van der Waals surface area contributed by atoms with Gasteiger partial charge in [-0.25, -0.2) is 4.79 Å². The van der Waals surface area contributed by atoms with Gasteiger partial charge in [-0.05, 0) is 37.1 Å². The maximum Gasteiger partial charge on any atom is 0.335 e. The van der Waals surface area contributed by atoms with E-state index in [-0.39, 0.29) is 17.5 Å². The number of carbonyl (C=O) groups excluding carboxylic acids is 1. The first-order valence-electron chi connectivity index (χ1n) is 7.87. The number of amides is 1. The maximum atomic E-state index is 12.2. The molecule has 1 aliphatic heterocycles. The summed E-state index contributed by atoms with van der Waals surface area (Å²) in [5, 5.41) is 20.0. The SMILES string of the molecule is C#CCCC1(CCC(=O)NC(C)c2cc(C(=O)O)ccc2C)N=N1. The number of nitrogens with one attached hydrogen (secondary N) is 1. The third-order valence-electron chi connectivity index (χ3n) is 4.18. The Kier molecular flexibility index (Phi) is 5.35. The van der Waals surface area contributed by atoms with Crippen molar-refractivity contribution in [2.24, 2.45) is 10.2 Å². The predicted molar refractivity (Wildman–Crippen MR) is 89.6 cm³/mol. The summed E-state index contributed by atoms with van der Waals surface area (Å²) in [4.78, 5) is 23.2. The van der Waals surface area contributed by atoms with Crippen LogP contribution in [0.1, 0.15) is 60.1 Å². The summed E-state index contributed by atoms with van der Waals surface area (Å²) in [5.74, 6) is 1.46. The third-order valence-corrected chi connectivity index (χ3v) is 4.18. The summed E-state index contributed by atoms with van der Waals surface area (Å²) in [6, 6.07) is 4.63. The van der Waals surface area contributed by atoms with Crippen LogP contribution in [0.3, 0.4) is 0 Å². The number of aryl methyl sites for hydroxylation is 1. The van der Waals surface area contributed by atoms with Crippen LogP contribution in [0.2, 0.25) is 0 Å². The lowest BCUT2D eigenvalue weighted by Crippen LogP contribution is -2.28. The van der Waals surface area contributed by atoms with Crippen molar-refractivity contribution in [3.63, 3.8) is 0 Å². The standard InChI is InChI=1S/C18H21N3O3/c1-4-5-9-18(20-21-18)10-8-16(22)19-13(3)15-11-14(17(23)24)7-6-12(15)2/h1,6-7,11,13H,5,8-10H2,2-3H3,(H,19,22)(H,23,24). The lowest BCUT2D eigenvalue weighted by atomic mass is 9.98. The van der Waals surface area contributed by atoms with Gasteiger partial charge in [-0.1, -0.05) is 6.07 Å². The molecule has 1 aromatic carbocycles. The first-order chi connectivity index (χ1) is 11.4. The highest BCUT2D eigenvalue weighted by Gasteiger charge is 2.39. The van der Waals surface area contributed by atoms with E-state index in [2.05, 4.69) is 21.5 Å². The second-order valence-electron chi connectivity index (χ2n) is 6.05. The Hall–Kier alpha value is -2.68. The van der Waals surface area contributed by atoms with E-state index in [0.717, 1.165) is 11.1 Å². The topological polar surface area (TPSA) is 91.1 Å². The first-order valence-corrected chi connectivity index (χ1v) is 7.87. The number of carboxylic acid groups (broad SMARTS) is 1. The molecule has 2 rings (SSSR count). The predicted octanol–water partition coefficient (Wildman–Crippen LogP) is 3.23. The molecule has 1 unspecified atom stereocenters. The molecule has 0 fully saturated rings. The fourth-order valence-corrected chi connectivity index (χ4v) is 2.61. The van der Waals surface area contributed by atoms with Crippen LogP contribution in [0.4, 0.5) is 0 Å². The Balaban J connectivity index is 1.91. The van der Waals surface area contributed by atoms with E-state index in [4.69, 9.17) is 11.5 Å². The second-order valence-corrected chi connectivity index (χ2v) is 6.05. The van der Waals surface area contributed by atoms with Gasteiger partial charge in [0.25, 0.3) is 0 Å². The minimum atomic E-state index is -0.984. The third kappa shape index (κ3) is 4.42. The molecule has 0 radical (unpaired) electrons. The lowest BCUT2D eigenvalue weighted by molar-refractivity contribution is -0.122. The molecule has 1 atom stereocenters. The minimum absolute atomic E-state index is 0.111. The molecular formula is C18H21N3O3. The number of aromatic carboxylic acids is 1. The molecule has 0 spiro atoms. The Labute approximate surface area is 141 Å². The molecule has 24 heavy (non-hydrogen) atoms. The van der Waals surface area contributed by atoms with E-state index in [0.29, 0.717) is 25.7 Å². The van der Waals surface area contributed by atoms with Crippen molar-refractivity contribution in [2.45, 2.75) is 51.2 Å². The summed E-state index contributed by atoms with van der Waals surface area (Å²) in [7, 11) is 0. The van der Waals surface area contributed by atoms with Gasteiger partial charge >= 0.3 is 5.97 Å². The molecule has 0 saturated carbocycles. The molecule has 1 aromatic rings. The Bertz CT molecular complexity index is 713. The number of hydrogen-bond donors (Lipinski definition) is 2. The maximum absolute atomic E-state index is 12.2. The van der Waals surface area contributed by atoms with Crippen LogP contribution in [-0.4, -0.2) is 22.6 Å². The average molecular weight is 327 g/mol. The van der Waals surface area contributed by atoms with Gasteiger partial charge in [0.15, 0.2) is 5.66 Å². The van der Waals surface area contributed by atoms with Crippen LogP contribution in [-0.2, 0) is 4.79 Å². The molecule has 0 bridgehead atoms. The minimum Gasteiger partial charge on any atom is -0.478 e. The lowest BCUT2D eigenvalue weighted by Gasteiger charge is -2.18. The van der Waals surface area contributed by atoms with E-state index < -0.39 is 11.6 Å². The molecule has 1 aliphatic rings. The summed E-state index contributed by atoms with van der Waals surface area (Å²) in [5.41, 5.74) is 1.48. The van der Waals surface area contributed by atoms with Gasteiger partial charge in [0, 0.05) is 25.7 Å². The molecule has 0 saturated heterocycles. The summed E-state index contributed by atoms with van der Waals surface area (Å²) in [6.07, 6.45) is 7.35. The van der Waals surface area contributed by atoms with Gasteiger partial charge in [0.2, 0.25) is 5.91 Å². The molecule has 1 heterocycles. The van der Waals surface area contributed by atoms with Crippen molar-refractivity contribution in [1.82, 2.24) is 5.32 Å². The van der Waals surface area contributed by atoms with E-state index in [1.165, 1.54) is 0 Å². The van der Waals surface area contributed by atoms with Gasteiger partial charge in [0.05, 0.1) is 11.6 Å². The highest BCUT2D eigenvalue weighted by Crippen LogP contribution is 2.37. The number of nitrogens with zero attached hydrogens (tertiary/aromatic N) is 2. The molecular weight excluding hydrogens is 306 g/mol. The molecule has 6 heteroatoms. The molecule has 0 aliphatic carbocycles. The van der Waals surface area contributed by atoms with E-state index in [9.17, 15) is 9.59 Å². The zero-order valence-corrected chi connectivity index (χ0v) is 13.9. The molecule has 1 amide bonds. The Morgan fingerprint density at radius 1 is 1.38 bits per heavy atom. The number of rotatable bonds is 8. The molecule has 0 aromatic heterocycles. The number of carbonyl (C=O) groups is 2. The van der Waals surface area contributed by atoms with Crippen LogP contribution in [0.5, 0.6) is 0 Å². The van der Waals surface area contributed by atoms with Crippen molar-refractivity contribution < 1.29 is 14.7 Å². The highest BCUT2D eigenvalue weighted by molar-refractivity contribution is 5.88. The first kappa shape index (κ1) is 17.7. The van der Waals surface area contributed by atoms with E-state index >= 15 is 0 Å². The largest absolute Gasteiger partial charge is 0.478 e. The zero-order chi connectivity index (χ0) is 17.7. The van der Waals surface area contributed by atoms with Crippen molar-refractivity contribution in [1.29, 1.82) is 0 Å². The van der Waals surface area contributed by atoms with Crippen molar-refractivity contribution in [2.75, 3.05) is 0 Å². The van der Waals surface area contributed by atoms with Crippen molar-refractivity contribution in [3.8, 4) is 12.3 Å². The van der Waals surface area contributed by atoms with E-state index in [1.54, 1.807) is 18.2 Å². The molecule has 6 nitrogen and oxygen atoms in total. The fourth-order valence-electron chi connectivity index (χ4n) is 2.61. The highest BCUT2D eigenvalue weighted by atomic mass is 16.4. The fraction of sp³-hybridized carbons (Fsp3) is 0.444. The van der Waals surface area contributed by atoms with Gasteiger partial charge in [0.1, 0.15) is 0 Å². The Morgan fingerprint density at radius 3 is 2.67 bits per heavy atom. The van der Waals surface area contributed by atoms with E-state index in [1.807, 2.05) is 13.8 Å². The molecule has 126 valence electrons. The average Bonchev–Trinajstić information content (AvgIpc) is 3.31. The van der Waals surface area contributed by atoms with Gasteiger partial charge in [-0.15, -0.1) is 12.3 Å². The van der Waals surface area contributed by atoms with Gasteiger partial charge < -0.3 is 10.4 Å². The van der Waals surface area contributed by atoms with Crippen LogP contribution in [0, 0.1) is 19.3 Å². The number of benzene rings is 1. The smallest absolute Gasteiger partial charge is 0.335 e. The van der Waals surface area contributed by atoms with Crippen molar-refractivity contribution >= 4 is 11.9 Å². The number of terminal acetylenes is 1. The van der Waals surface area contributed by atoms with Crippen molar-refractivity contribution in [3.05, 3.63) is 34.9 Å². The molecule has 2 N–H and O–H groups in total. The van der Waals surface area contributed by atoms with Gasteiger partial charge in [-0.2, -0.15) is 10.2 Å². The summed E-state index contributed by atoms with van der Waals surface area (Å²) >= 11 is 0. The zero-order valence-electron chi connectivity index (χ0n) is 13.9. The summed E-state index contributed by atoms with van der Waals surface area (Å²) < 4.78 is 0. The van der Waals surface area contributed by atoms with Crippen LogP contribution < -0.4 is 5.32 Å². The normalized spacial score (nSPS) is 15.4. The van der Waals surface area contributed by atoms with Crippen LogP contribution >= 0.6 is 0 Å². The quantitative estimate of drug-likeness (QED) is 0.718. The summed E-state index contributed by atoms with van der Waals surface area (Å²) in [6.45, 7) is 3.73. The number of carboxylic acids is 1. The van der Waals surface area contributed by atoms with Gasteiger partial charge in [-0.3, -0.25) is 4.79 Å². The monoisotopic (exact) mass is 327 g/mol. The Morgan fingerprint density at radius 2 is 2.08 bits per heavy atom. The van der Waals surface area contributed by atoms with Crippen LogP contribution in [0.25, 0.3) is 0 Å².